The molecule has 1 atom stereocenters. The maximum Gasteiger partial charge on any atom is 0.258 e. The van der Waals surface area contributed by atoms with Crippen LogP contribution in [0.15, 0.2) is 46.2 Å². The number of aromatic nitrogens is 1. The van der Waals surface area contributed by atoms with Gasteiger partial charge in [-0.25, -0.2) is 12.8 Å². The number of nitrogens with zero attached hydrogens (tertiary/aromatic N) is 2. The summed E-state index contributed by atoms with van der Waals surface area (Å²) < 4.78 is 45.5. The molecule has 214 valence electrons. The van der Waals surface area contributed by atoms with Crippen LogP contribution in [0.25, 0.3) is 21.9 Å². The summed E-state index contributed by atoms with van der Waals surface area (Å²) in [6.45, 7) is 5.48. The summed E-state index contributed by atoms with van der Waals surface area (Å²) in [5, 5.41) is 13.0. The predicted molar refractivity (Wildman–Crippen MR) is 151 cm³/mol. The van der Waals surface area contributed by atoms with Crippen LogP contribution in [0.5, 0.6) is 0 Å². The molecule has 0 spiro atoms. The Morgan fingerprint density at radius 2 is 1.90 bits per heavy atom. The van der Waals surface area contributed by atoms with Gasteiger partial charge in [0.15, 0.2) is 0 Å². The molecule has 2 aromatic carbocycles. The largest absolute Gasteiger partial charge is 0.396 e. The van der Waals surface area contributed by atoms with E-state index in [1.165, 1.54) is 21.1 Å². The van der Waals surface area contributed by atoms with Gasteiger partial charge < -0.3 is 20.7 Å². The van der Waals surface area contributed by atoms with E-state index in [2.05, 4.69) is 5.32 Å². The van der Waals surface area contributed by atoms with E-state index < -0.39 is 26.8 Å². The monoisotopic (exact) mass is 570 g/mol. The standard InChI is InChI=1S/C29H35FN4O5S/c1-17-23(11-19(12-25(17)30)27(36)32-21-5-6-21)18-4-7-22-24(10-18)26(40(38,39)34-9-8-20(31)13-34)14-33(28(22)37)15-29(2,3)16-35/h4,7,10-12,14,20-21,35H,5-6,8-9,13,15-16,31H2,1-3H3,(H,32,36). The Bertz CT molecular complexity index is 1660. The van der Waals surface area contributed by atoms with E-state index in [1.807, 2.05) is 0 Å². The van der Waals surface area contributed by atoms with Crippen molar-refractivity contribution in [3.05, 3.63) is 63.8 Å². The van der Waals surface area contributed by atoms with Crippen molar-refractivity contribution in [3.63, 3.8) is 0 Å². The minimum absolute atomic E-state index is 0.0625. The fourth-order valence-corrected chi connectivity index (χ4v) is 6.80. The number of nitrogens with one attached hydrogen (secondary N) is 1. The van der Waals surface area contributed by atoms with E-state index in [1.54, 1.807) is 45.0 Å². The summed E-state index contributed by atoms with van der Waals surface area (Å²) in [5.74, 6) is -0.925. The van der Waals surface area contributed by atoms with Crippen LogP contribution in [0.2, 0.25) is 0 Å². The van der Waals surface area contributed by atoms with Crippen molar-refractivity contribution in [2.24, 2.45) is 11.1 Å². The van der Waals surface area contributed by atoms with Gasteiger partial charge in [-0.1, -0.05) is 19.9 Å². The number of nitrogens with two attached hydrogens (primary N) is 1. The molecule has 40 heavy (non-hydrogen) atoms. The number of halogens is 1. The number of aliphatic hydroxyl groups is 1. The average molecular weight is 571 g/mol. The molecule has 1 aliphatic heterocycles. The van der Waals surface area contributed by atoms with Crippen LogP contribution in [0.3, 0.4) is 0 Å². The predicted octanol–water partition coefficient (Wildman–Crippen LogP) is 2.75. The third-order valence-electron chi connectivity index (χ3n) is 7.71. The first-order valence-electron chi connectivity index (χ1n) is 13.5. The molecular formula is C29H35FN4O5S. The lowest BCUT2D eigenvalue weighted by Crippen LogP contribution is -2.35. The Hall–Kier alpha value is -3.12. The molecule has 0 bridgehead atoms. The molecule has 1 saturated heterocycles. The van der Waals surface area contributed by atoms with E-state index in [4.69, 9.17) is 5.73 Å². The van der Waals surface area contributed by atoms with E-state index in [0.29, 0.717) is 23.1 Å². The first kappa shape index (κ1) is 28.4. The van der Waals surface area contributed by atoms with Crippen molar-refractivity contribution in [2.75, 3.05) is 19.7 Å². The Balaban J connectivity index is 1.70. The van der Waals surface area contributed by atoms with E-state index in [0.717, 1.165) is 12.8 Å². The van der Waals surface area contributed by atoms with Crippen molar-refractivity contribution < 1.29 is 22.7 Å². The number of pyridine rings is 1. The summed E-state index contributed by atoms with van der Waals surface area (Å²) in [7, 11) is -4.05. The minimum atomic E-state index is -4.05. The van der Waals surface area contributed by atoms with E-state index in [9.17, 15) is 23.1 Å². The van der Waals surface area contributed by atoms with E-state index in [-0.39, 0.29) is 65.5 Å². The van der Waals surface area contributed by atoms with Crippen LogP contribution < -0.4 is 16.6 Å². The summed E-state index contributed by atoms with van der Waals surface area (Å²) in [6, 6.07) is 7.36. The van der Waals surface area contributed by atoms with Crippen LogP contribution >= 0.6 is 0 Å². The first-order chi connectivity index (χ1) is 18.8. The molecule has 1 saturated carbocycles. The second-order valence-electron chi connectivity index (χ2n) is 11.8. The topological polar surface area (TPSA) is 135 Å². The lowest BCUT2D eigenvalue weighted by atomic mass is 9.94. The first-order valence-corrected chi connectivity index (χ1v) is 14.9. The van der Waals surface area contributed by atoms with Gasteiger partial charge in [0.1, 0.15) is 10.7 Å². The third kappa shape index (κ3) is 5.43. The summed E-state index contributed by atoms with van der Waals surface area (Å²) >= 11 is 0. The van der Waals surface area contributed by atoms with Crippen molar-refractivity contribution in [2.45, 2.75) is 63.6 Å². The number of aliphatic hydroxyl groups excluding tert-OH is 1. The lowest BCUT2D eigenvalue weighted by Gasteiger charge is -2.25. The highest BCUT2D eigenvalue weighted by atomic mass is 32.2. The van der Waals surface area contributed by atoms with Crippen molar-refractivity contribution in [1.29, 1.82) is 0 Å². The van der Waals surface area contributed by atoms with Crippen LogP contribution in [-0.4, -0.2) is 60.1 Å². The van der Waals surface area contributed by atoms with Crippen molar-refractivity contribution >= 4 is 26.7 Å². The highest BCUT2D eigenvalue weighted by Gasteiger charge is 2.34. The molecule has 1 aliphatic carbocycles. The molecule has 2 heterocycles. The zero-order valence-corrected chi connectivity index (χ0v) is 23.7. The molecule has 2 fully saturated rings. The molecule has 1 unspecified atom stereocenters. The molecule has 11 heteroatoms. The average Bonchev–Trinajstić information content (AvgIpc) is 3.61. The van der Waals surface area contributed by atoms with Gasteiger partial charge in [-0.05, 0) is 67.1 Å². The fourth-order valence-electron chi connectivity index (χ4n) is 5.08. The Morgan fingerprint density at radius 1 is 1.18 bits per heavy atom. The number of carbonyl (C=O) groups excluding carboxylic acids is 1. The highest BCUT2D eigenvalue weighted by molar-refractivity contribution is 7.89. The van der Waals surface area contributed by atoms with Gasteiger partial charge in [-0.3, -0.25) is 9.59 Å². The maximum atomic E-state index is 15.0. The third-order valence-corrected chi connectivity index (χ3v) is 9.60. The zero-order chi connectivity index (χ0) is 29.0. The fraction of sp³-hybridized carbons (Fsp3) is 0.448. The van der Waals surface area contributed by atoms with Crippen LogP contribution in [0.1, 0.15) is 49.0 Å². The van der Waals surface area contributed by atoms with Gasteiger partial charge in [0.25, 0.3) is 11.5 Å². The lowest BCUT2D eigenvalue weighted by molar-refractivity contribution is 0.0950. The number of carbonyl (C=O) groups is 1. The smallest absolute Gasteiger partial charge is 0.258 e. The minimum Gasteiger partial charge on any atom is -0.396 e. The summed E-state index contributed by atoms with van der Waals surface area (Å²) in [4.78, 5) is 26.2. The van der Waals surface area contributed by atoms with Crippen LogP contribution in [0, 0.1) is 18.2 Å². The van der Waals surface area contributed by atoms with Gasteiger partial charge >= 0.3 is 0 Å². The molecule has 0 radical (unpaired) electrons. The number of sulfonamides is 1. The number of benzene rings is 2. The molecular weight excluding hydrogens is 535 g/mol. The number of hydrogen-bond acceptors (Lipinski definition) is 6. The van der Waals surface area contributed by atoms with Gasteiger partial charge in [-0.15, -0.1) is 0 Å². The number of hydrogen-bond donors (Lipinski definition) is 3. The second-order valence-corrected chi connectivity index (χ2v) is 13.7. The SMILES string of the molecule is Cc1c(F)cc(C(=O)NC2CC2)cc1-c1ccc2c(=O)n(CC(C)(C)CO)cc(S(=O)(=O)N3CCC(N)C3)c2c1. The zero-order valence-electron chi connectivity index (χ0n) is 22.9. The van der Waals surface area contributed by atoms with Crippen molar-refractivity contribution in [1.82, 2.24) is 14.2 Å². The van der Waals surface area contributed by atoms with Gasteiger partial charge in [-0.2, -0.15) is 4.31 Å². The molecule has 5 rings (SSSR count). The van der Waals surface area contributed by atoms with E-state index >= 15 is 4.39 Å². The van der Waals surface area contributed by atoms with Crippen LogP contribution in [-0.2, 0) is 16.6 Å². The molecule has 4 N–H and O–H groups in total. The van der Waals surface area contributed by atoms with Crippen molar-refractivity contribution in [3.8, 4) is 11.1 Å². The summed E-state index contributed by atoms with van der Waals surface area (Å²) in [6.07, 6.45) is 3.64. The second kappa shape index (κ2) is 10.4. The molecule has 2 aliphatic rings. The number of fused-ring (bicyclic) bond motifs is 1. The molecule has 1 amide bonds. The summed E-state index contributed by atoms with van der Waals surface area (Å²) in [5.41, 5.74) is 6.32. The maximum absolute atomic E-state index is 15.0. The Labute approximate surface area is 232 Å². The Morgan fingerprint density at radius 3 is 2.52 bits per heavy atom. The molecule has 1 aromatic heterocycles. The molecule has 9 nitrogen and oxygen atoms in total. The molecule has 3 aromatic rings. The number of amides is 1. The van der Waals surface area contributed by atoms with Gasteiger partial charge in [0.05, 0.1) is 0 Å². The quantitative estimate of drug-likeness (QED) is 0.381. The Kier molecular flexibility index (Phi) is 7.37. The van der Waals surface area contributed by atoms with Gasteiger partial charge in [0, 0.05) is 66.3 Å². The van der Waals surface area contributed by atoms with Gasteiger partial charge in [0.2, 0.25) is 10.0 Å². The number of rotatable bonds is 8. The normalized spacial score (nSPS) is 18.4. The van der Waals surface area contributed by atoms with Crippen LogP contribution in [0.4, 0.5) is 4.39 Å². The highest BCUT2D eigenvalue weighted by Crippen LogP contribution is 2.33.